The van der Waals surface area contributed by atoms with E-state index in [1.54, 1.807) is 6.26 Å². The zero-order valence-corrected chi connectivity index (χ0v) is 17.7. The van der Waals surface area contributed by atoms with E-state index in [-0.39, 0.29) is 24.0 Å². The van der Waals surface area contributed by atoms with Crippen molar-refractivity contribution in [3.8, 4) is 0 Å². The molecule has 142 valence electrons. The van der Waals surface area contributed by atoms with E-state index in [2.05, 4.69) is 15.6 Å². The fourth-order valence-electron chi connectivity index (χ4n) is 2.68. The molecule has 0 radical (unpaired) electrons. The Morgan fingerprint density at radius 2 is 2.04 bits per heavy atom. The van der Waals surface area contributed by atoms with Gasteiger partial charge in [-0.25, -0.2) is 4.99 Å². The van der Waals surface area contributed by atoms with Crippen molar-refractivity contribution in [2.45, 2.75) is 19.4 Å². The molecule has 2 aromatic rings. The van der Waals surface area contributed by atoms with Crippen molar-refractivity contribution in [3.05, 3.63) is 59.0 Å². The molecule has 1 aliphatic heterocycles. The maximum Gasteiger partial charge on any atom is 0.191 e. The van der Waals surface area contributed by atoms with Crippen LogP contribution < -0.4 is 10.6 Å². The molecule has 5 nitrogen and oxygen atoms in total. The van der Waals surface area contributed by atoms with Gasteiger partial charge in [0.1, 0.15) is 5.76 Å². The van der Waals surface area contributed by atoms with E-state index in [4.69, 9.17) is 20.8 Å². The number of aliphatic imine (C=N–C) groups is 1. The Kier molecular flexibility index (Phi) is 9.28. The molecule has 1 atom stereocenters. The SMILES string of the molecule is Clc1ccc(CN=C(NCCc2ccco2)NCC2CCOC2)cc1.I. The summed E-state index contributed by atoms with van der Waals surface area (Å²) >= 11 is 5.93. The normalized spacial score (nSPS) is 17.0. The largest absolute Gasteiger partial charge is 0.469 e. The Morgan fingerprint density at radius 3 is 2.73 bits per heavy atom. The second-order valence-electron chi connectivity index (χ2n) is 6.16. The number of rotatable bonds is 7. The van der Waals surface area contributed by atoms with Crippen LogP contribution >= 0.6 is 35.6 Å². The van der Waals surface area contributed by atoms with E-state index < -0.39 is 0 Å². The van der Waals surface area contributed by atoms with Gasteiger partial charge in [-0.3, -0.25) is 0 Å². The molecule has 1 fully saturated rings. The summed E-state index contributed by atoms with van der Waals surface area (Å²) in [5.74, 6) is 2.33. The van der Waals surface area contributed by atoms with E-state index in [0.717, 1.165) is 61.5 Å². The van der Waals surface area contributed by atoms with Crippen LogP contribution in [0.4, 0.5) is 0 Å². The predicted octanol–water partition coefficient (Wildman–Crippen LogP) is 3.87. The van der Waals surface area contributed by atoms with Crippen LogP contribution in [-0.4, -0.2) is 32.3 Å². The zero-order chi connectivity index (χ0) is 17.3. The van der Waals surface area contributed by atoms with Crippen molar-refractivity contribution >= 4 is 41.5 Å². The highest BCUT2D eigenvalue weighted by molar-refractivity contribution is 14.0. The van der Waals surface area contributed by atoms with Gasteiger partial charge in [0.05, 0.1) is 19.4 Å². The lowest BCUT2D eigenvalue weighted by molar-refractivity contribution is 0.186. The van der Waals surface area contributed by atoms with Crippen molar-refractivity contribution in [3.63, 3.8) is 0 Å². The fraction of sp³-hybridized carbons (Fsp3) is 0.421. The van der Waals surface area contributed by atoms with Gasteiger partial charge >= 0.3 is 0 Å². The van der Waals surface area contributed by atoms with E-state index in [0.29, 0.717) is 12.5 Å². The van der Waals surface area contributed by atoms with Crippen LogP contribution in [0.3, 0.4) is 0 Å². The first kappa shape index (κ1) is 21.1. The molecule has 0 aliphatic carbocycles. The number of nitrogens with one attached hydrogen (secondary N) is 2. The summed E-state index contributed by atoms with van der Waals surface area (Å²) in [6, 6.07) is 11.7. The number of furan rings is 1. The Morgan fingerprint density at radius 1 is 1.19 bits per heavy atom. The van der Waals surface area contributed by atoms with Crippen LogP contribution in [0.25, 0.3) is 0 Å². The minimum Gasteiger partial charge on any atom is -0.469 e. The highest BCUT2D eigenvalue weighted by atomic mass is 127. The third-order valence-corrected chi connectivity index (χ3v) is 4.41. The maximum atomic E-state index is 5.93. The van der Waals surface area contributed by atoms with Crippen LogP contribution in [0.5, 0.6) is 0 Å². The Hall–Kier alpha value is -1.25. The summed E-state index contributed by atoms with van der Waals surface area (Å²) in [4.78, 5) is 4.68. The molecular weight excluding hydrogens is 465 g/mol. The summed E-state index contributed by atoms with van der Waals surface area (Å²) in [5, 5.41) is 7.54. The molecule has 3 rings (SSSR count). The number of hydrogen-bond donors (Lipinski definition) is 2. The van der Waals surface area contributed by atoms with Gasteiger partial charge in [0.2, 0.25) is 0 Å². The molecule has 2 N–H and O–H groups in total. The van der Waals surface area contributed by atoms with Crippen molar-refractivity contribution in [1.29, 1.82) is 0 Å². The van der Waals surface area contributed by atoms with Gasteiger partial charge in [-0.2, -0.15) is 0 Å². The van der Waals surface area contributed by atoms with Gasteiger partial charge in [-0.05, 0) is 36.2 Å². The lowest BCUT2D eigenvalue weighted by Crippen LogP contribution is -2.40. The summed E-state index contributed by atoms with van der Waals surface area (Å²) in [5.41, 5.74) is 1.13. The van der Waals surface area contributed by atoms with Crippen LogP contribution in [-0.2, 0) is 17.7 Å². The lowest BCUT2D eigenvalue weighted by atomic mass is 10.1. The van der Waals surface area contributed by atoms with E-state index in [9.17, 15) is 0 Å². The number of halogens is 2. The standard InChI is InChI=1S/C19H24ClN3O2.HI/c20-17-5-3-15(4-6-17)12-22-19(23-13-16-8-11-24-14-16)21-9-7-18-2-1-10-25-18;/h1-6,10,16H,7-9,11-14H2,(H2,21,22,23);1H. The Bertz CT molecular complexity index is 656. The van der Waals surface area contributed by atoms with Gasteiger partial charge in [0.15, 0.2) is 5.96 Å². The molecule has 0 spiro atoms. The Balaban J connectivity index is 0.00000243. The first-order valence-electron chi connectivity index (χ1n) is 8.66. The fourth-order valence-corrected chi connectivity index (χ4v) is 2.80. The zero-order valence-electron chi connectivity index (χ0n) is 14.6. The number of hydrogen-bond acceptors (Lipinski definition) is 3. The first-order valence-corrected chi connectivity index (χ1v) is 9.04. The number of ether oxygens (including phenoxy) is 1. The molecule has 0 bridgehead atoms. The maximum absolute atomic E-state index is 5.93. The number of guanidine groups is 1. The number of nitrogens with zero attached hydrogens (tertiary/aromatic N) is 1. The second-order valence-corrected chi connectivity index (χ2v) is 6.59. The van der Waals surface area contributed by atoms with Crippen LogP contribution in [0.15, 0.2) is 52.1 Å². The molecular formula is C19H25ClIN3O2. The quantitative estimate of drug-likeness (QED) is 0.352. The third-order valence-electron chi connectivity index (χ3n) is 4.16. The topological polar surface area (TPSA) is 58.8 Å². The molecule has 1 unspecified atom stereocenters. The molecule has 2 heterocycles. The molecule has 0 amide bonds. The van der Waals surface area contributed by atoms with E-state index >= 15 is 0 Å². The van der Waals surface area contributed by atoms with Crippen molar-refractivity contribution < 1.29 is 9.15 Å². The monoisotopic (exact) mass is 489 g/mol. The van der Waals surface area contributed by atoms with Crippen molar-refractivity contribution in [2.75, 3.05) is 26.3 Å². The summed E-state index contributed by atoms with van der Waals surface area (Å²) in [7, 11) is 0. The smallest absolute Gasteiger partial charge is 0.191 e. The van der Waals surface area contributed by atoms with Crippen LogP contribution in [0.2, 0.25) is 5.02 Å². The van der Waals surface area contributed by atoms with Crippen LogP contribution in [0.1, 0.15) is 17.7 Å². The first-order chi connectivity index (χ1) is 12.3. The average Bonchev–Trinajstić information content (AvgIpc) is 3.32. The Labute approximate surface area is 176 Å². The van der Waals surface area contributed by atoms with Gasteiger partial charge in [-0.15, -0.1) is 24.0 Å². The minimum atomic E-state index is 0. The molecule has 1 aromatic heterocycles. The molecule has 1 aromatic carbocycles. The third kappa shape index (κ3) is 7.17. The molecule has 1 aliphatic rings. The van der Waals surface area contributed by atoms with Crippen molar-refractivity contribution in [2.24, 2.45) is 10.9 Å². The molecule has 7 heteroatoms. The lowest BCUT2D eigenvalue weighted by Gasteiger charge is -2.15. The minimum absolute atomic E-state index is 0. The number of benzene rings is 1. The highest BCUT2D eigenvalue weighted by Gasteiger charge is 2.15. The second kappa shape index (κ2) is 11.5. The van der Waals surface area contributed by atoms with E-state index in [1.165, 1.54) is 0 Å². The summed E-state index contributed by atoms with van der Waals surface area (Å²) < 4.78 is 10.8. The van der Waals surface area contributed by atoms with Crippen LogP contribution in [0, 0.1) is 5.92 Å². The molecule has 26 heavy (non-hydrogen) atoms. The van der Waals surface area contributed by atoms with Gasteiger partial charge in [0.25, 0.3) is 0 Å². The predicted molar refractivity (Wildman–Crippen MR) is 115 cm³/mol. The highest BCUT2D eigenvalue weighted by Crippen LogP contribution is 2.11. The van der Waals surface area contributed by atoms with E-state index in [1.807, 2.05) is 36.4 Å². The molecule has 0 saturated carbocycles. The van der Waals surface area contributed by atoms with Gasteiger partial charge in [0, 0.05) is 37.1 Å². The average molecular weight is 490 g/mol. The van der Waals surface area contributed by atoms with Gasteiger partial charge in [-0.1, -0.05) is 23.7 Å². The summed E-state index contributed by atoms with van der Waals surface area (Å²) in [6.45, 7) is 3.92. The summed E-state index contributed by atoms with van der Waals surface area (Å²) in [6.07, 6.45) is 3.62. The molecule has 1 saturated heterocycles. The van der Waals surface area contributed by atoms with Gasteiger partial charge < -0.3 is 19.8 Å². The van der Waals surface area contributed by atoms with Crippen molar-refractivity contribution in [1.82, 2.24) is 10.6 Å².